The lowest BCUT2D eigenvalue weighted by Crippen LogP contribution is -2.22. The lowest BCUT2D eigenvalue weighted by Gasteiger charge is -2.13. The van der Waals surface area contributed by atoms with Crippen LogP contribution in [0.2, 0.25) is 0 Å². The van der Waals surface area contributed by atoms with Crippen molar-refractivity contribution in [3.8, 4) is 0 Å². The largest absolute Gasteiger partial charge is 0.325 e. The van der Waals surface area contributed by atoms with E-state index < -0.39 is 10.0 Å². The van der Waals surface area contributed by atoms with E-state index in [1.54, 1.807) is 0 Å². The first-order chi connectivity index (χ1) is 11.7. The quantitative estimate of drug-likeness (QED) is 0.752. The lowest BCUT2D eigenvalue weighted by atomic mass is 10.0. The molecule has 0 aliphatic rings. The first kappa shape index (κ1) is 19.5. The predicted molar refractivity (Wildman–Crippen MR) is 102 cm³/mol. The molecule has 0 aliphatic heterocycles. The number of rotatable bonds is 6. The van der Waals surface area contributed by atoms with Gasteiger partial charge in [0.2, 0.25) is 15.9 Å². The number of benzene rings is 2. The third-order valence-electron chi connectivity index (χ3n) is 3.68. The Morgan fingerprint density at radius 1 is 1.00 bits per heavy atom. The minimum atomic E-state index is -3.73. The summed E-state index contributed by atoms with van der Waals surface area (Å²) in [6, 6.07) is 14.0. The number of hydrogen-bond acceptors (Lipinski definition) is 4. The lowest BCUT2D eigenvalue weighted by molar-refractivity contribution is -0.115. The number of carbonyl (C=O) groups is 1. The maximum absolute atomic E-state index is 12.3. The monoisotopic (exact) mass is 378 g/mol. The number of nitrogens with two attached hydrogens (primary N) is 1. The van der Waals surface area contributed by atoms with Crippen molar-refractivity contribution in [3.63, 3.8) is 0 Å². The average Bonchev–Trinajstić information content (AvgIpc) is 2.55. The highest BCUT2D eigenvalue weighted by Crippen LogP contribution is 2.26. The number of hydrogen-bond donors (Lipinski definition) is 2. The molecule has 2 aromatic carbocycles. The molecule has 0 fully saturated rings. The Bertz CT molecular complexity index is 830. The highest BCUT2D eigenvalue weighted by Gasteiger charge is 2.15. The van der Waals surface area contributed by atoms with E-state index >= 15 is 0 Å². The molecule has 3 N–H and O–H groups in total. The van der Waals surface area contributed by atoms with Crippen LogP contribution >= 0.6 is 11.8 Å². The van der Waals surface area contributed by atoms with Crippen LogP contribution in [-0.4, -0.2) is 19.6 Å². The van der Waals surface area contributed by atoms with Gasteiger partial charge in [-0.05, 0) is 54.8 Å². The van der Waals surface area contributed by atoms with E-state index in [0.717, 1.165) is 4.90 Å². The molecular weight excluding hydrogens is 356 g/mol. The molecule has 2 aromatic rings. The summed E-state index contributed by atoms with van der Waals surface area (Å²) in [6.45, 7) is 6.11. The van der Waals surface area contributed by atoms with Crippen molar-refractivity contribution < 1.29 is 13.2 Å². The van der Waals surface area contributed by atoms with Gasteiger partial charge in [0.05, 0.1) is 10.1 Å². The van der Waals surface area contributed by atoms with Gasteiger partial charge < -0.3 is 5.32 Å². The van der Waals surface area contributed by atoms with Crippen LogP contribution in [0.3, 0.4) is 0 Å². The van der Waals surface area contributed by atoms with Gasteiger partial charge in [-0.15, -0.1) is 11.8 Å². The van der Waals surface area contributed by atoms with Gasteiger partial charge in [0.15, 0.2) is 0 Å². The zero-order chi connectivity index (χ0) is 18.6. The van der Waals surface area contributed by atoms with E-state index in [2.05, 4.69) is 31.3 Å². The summed E-state index contributed by atoms with van der Waals surface area (Å²) in [5, 5.41) is 7.54. The Balaban J connectivity index is 1.98. The fourth-order valence-corrected chi connectivity index (χ4v) is 3.54. The van der Waals surface area contributed by atoms with E-state index in [-0.39, 0.29) is 16.1 Å². The first-order valence-corrected chi connectivity index (χ1v) is 10.3. The van der Waals surface area contributed by atoms with Crippen LogP contribution < -0.4 is 10.5 Å². The Morgan fingerprint density at radius 3 is 2.04 bits per heavy atom. The van der Waals surface area contributed by atoms with Gasteiger partial charge in [-0.3, -0.25) is 4.79 Å². The smallest absolute Gasteiger partial charge is 0.238 e. The molecule has 1 atom stereocenters. The van der Waals surface area contributed by atoms with Crippen LogP contribution in [0.15, 0.2) is 58.3 Å². The van der Waals surface area contributed by atoms with Crippen molar-refractivity contribution in [1.82, 2.24) is 0 Å². The molecule has 25 heavy (non-hydrogen) atoms. The predicted octanol–water partition coefficient (Wildman–Crippen LogP) is 3.58. The van der Waals surface area contributed by atoms with Gasteiger partial charge in [-0.25, -0.2) is 13.6 Å². The average molecular weight is 379 g/mol. The molecule has 0 radical (unpaired) electrons. The second-order valence-electron chi connectivity index (χ2n) is 6.04. The Hall–Kier alpha value is -1.83. The molecule has 134 valence electrons. The number of sulfonamides is 1. The van der Waals surface area contributed by atoms with E-state index in [9.17, 15) is 13.2 Å². The first-order valence-electron chi connectivity index (χ1n) is 7.87. The van der Waals surface area contributed by atoms with E-state index in [0.29, 0.717) is 11.6 Å². The van der Waals surface area contributed by atoms with Crippen molar-refractivity contribution in [2.24, 2.45) is 5.14 Å². The summed E-state index contributed by atoms with van der Waals surface area (Å²) in [5.41, 5.74) is 1.79. The van der Waals surface area contributed by atoms with Gasteiger partial charge in [-0.2, -0.15) is 0 Å². The van der Waals surface area contributed by atoms with Gasteiger partial charge in [-0.1, -0.05) is 26.0 Å². The number of thioether (sulfide) groups is 1. The normalized spacial score (nSPS) is 12.8. The molecule has 7 heteroatoms. The Labute approximate surface area is 153 Å². The molecule has 0 saturated carbocycles. The zero-order valence-corrected chi connectivity index (χ0v) is 16.0. The summed E-state index contributed by atoms with van der Waals surface area (Å²) in [4.78, 5) is 13.3. The SMILES string of the molecule is CC(Sc1ccc(C(C)C)cc1)C(=O)Nc1ccc(S(N)(=O)=O)cc1. The number of primary sulfonamides is 1. The number of carbonyl (C=O) groups excluding carboxylic acids is 1. The fraction of sp³-hybridized carbons (Fsp3) is 0.278. The van der Waals surface area contributed by atoms with E-state index in [1.807, 2.05) is 19.1 Å². The van der Waals surface area contributed by atoms with E-state index in [1.165, 1.54) is 41.6 Å². The van der Waals surface area contributed by atoms with Crippen molar-refractivity contribution >= 4 is 33.4 Å². The summed E-state index contributed by atoms with van der Waals surface area (Å²) in [5.74, 6) is 0.321. The summed E-state index contributed by atoms with van der Waals surface area (Å²) in [6.07, 6.45) is 0. The number of anilines is 1. The molecule has 0 bridgehead atoms. The van der Waals surface area contributed by atoms with Crippen molar-refractivity contribution in [2.75, 3.05) is 5.32 Å². The standard InChI is InChI=1S/C18H22N2O3S2/c1-12(2)14-4-8-16(9-5-14)24-13(3)18(21)20-15-6-10-17(11-7-15)25(19,22)23/h4-13H,1-3H3,(H,20,21)(H2,19,22,23). The van der Waals surface area contributed by atoms with Crippen molar-refractivity contribution in [3.05, 3.63) is 54.1 Å². The summed E-state index contributed by atoms with van der Waals surface area (Å²) in [7, 11) is -3.73. The van der Waals surface area contributed by atoms with Crippen LogP contribution in [0.25, 0.3) is 0 Å². The number of amides is 1. The maximum atomic E-state index is 12.3. The highest BCUT2D eigenvalue weighted by atomic mass is 32.2. The zero-order valence-electron chi connectivity index (χ0n) is 14.4. The minimum absolute atomic E-state index is 0.0122. The molecule has 0 heterocycles. The summed E-state index contributed by atoms with van der Waals surface area (Å²) < 4.78 is 22.5. The van der Waals surface area contributed by atoms with Crippen molar-refractivity contribution in [1.29, 1.82) is 0 Å². The van der Waals surface area contributed by atoms with E-state index in [4.69, 9.17) is 5.14 Å². The second-order valence-corrected chi connectivity index (χ2v) is 9.02. The maximum Gasteiger partial charge on any atom is 0.238 e. The molecule has 0 spiro atoms. The fourth-order valence-electron chi connectivity index (χ4n) is 2.16. The molecular formula is C18H22N2O3S2. The molecule has 1 unspecified atom stereocenters. The van der Waals surface area contributed by atoms with Gasteiger partial charge in [0.25, 0.3) is 0 Å². The van der Waals surface area contributed by atoms with Crippen LogP contribution in [-0.2, 0) is 14.8 Å². The van der Waals surface area contributed by atoms with Gasteiger partial charge in [0, 0.05) is 10.6 Å². The molecule has 0 saturated heterocycles. The van der Waals surface area contributed by atoms with Crippen LogP contribution in [0.1, 0.15) is 32.3 Å². The highest BCUT2D eigenvalue weighted by molar-refractivity contribution is 8.00. The molecule has 2 rings (SSSR count). The topological polar surface area (TPSA) is 89.3 Å². The third-order valence-corrected chi connectivity index (χ3v) is 5.72. The molecule has 5 nitrogen and oxygen atoms in total. The third kappa shape index (κ3) is 5.59. The van der Waals surface area contributed by atoms with Gasteiger partial charge in [0.1, 0.15) is 0 Å². The number of nitrogens with one attached hydrogen (secondary N) is 1. The van der Waals surface area contributed by atoms with Crippen LogP contribution in [0.5, 0.6) is 0 Å². The van der Waals surface area contributed by atoms with Crippen molar-refractivity contribution in [2.45, 2.75) is 41.7 Å². The molecule has 0 aromatic heterocycles. The molecule has 1 amide bonds. The summed E-state index contributed by atoms with van der Waals surface area (Å²) >= 11 is 1.47. The second kappa shape index (κ2) is 8.03. The van der Waals surface area contributed by atoms with Crippen LogP contribution in [0, 0.1) is 0 Å². The Morgan fingerprint density at radius 2 is 1.56 bits per heavy atom. The molecule has 0 aliphatic carbocycles. The van der Waals surface area contributed by atoms with Gasteiger partial charge >= 0.3 is 0 Å². The minimum Gasteiger partial charge on any atom is -0.325 e. The van der Waals surface area contributed by atoms with Crippen LogP contribution in [0.4, 0.5) is 5.69 Å². The Kier molecular flexibility index (Phi) is 6.26.